The normalized spacial score (nSPS) is 22.5. The smallest absolute Gasteiger partial charge is 0.326 e. The van der Waals surface area contributed by atoms with Gasteiger partial charge in [0.05, 0.1) is 68.5 Å². The Morgan fingerprint density at radius 3 is 2.26 bits per heavy atom. The minimum absolute atomic E-state index is 0.0112. The summed E-state index contributed by atoms with van der Waals surface area (Å²) in [5, 5.41) is 13.8. The monoisotopic (exact) mass is 1490 g/mol. The number of rotatable bonds is 26. The van der Waals surface area contributed by atoms with Crippen molar-refractivity contribution in [3.63, 3.8) is 0 Å². The van der Waals surface area contributed by atoms with Crippen molar-refractivity contribution in [2.75, 3.05) is 134 Å². The zero-order valence-corrected chi connectivity index (χ0v) is 62.7. The number of nitrogens with zero attached hydrogens (tertiary/aromatic N) is 10. The van der Waals surface area contributed by atoms with E-state index in [2.05, 4.69) is 59.8 Å². The van der Waals surface area contributed by atoms with Crippen LogP contribution in [0.3, 0.4) is 0 Å². The Labute approximate surface area is 629 Å². The first-order valence-electron chi connectivity index (χ1n) is 37.3. The van der Waals surface area contributed by atoms with Crippen LogP contribution in [0.5, 0.6) is 11.5 Å². The number of anilines is 3. The van der Waals surface area contributed by atoms with Gasteiger partial charge in [0.2, 0.25) is 23.6 Å². The summed E-state index contributed by atoms with van der Waals surface area (Å²) in [6, 6.07) is 23.9. The number of fused-ring (bicyclic) bond motifs is 1. The van der Waals surface area contributed by atoms with Gasteiger partial charge in [0.25, 0.3) is 0 Å². The summed E-state index contributed by atoms with van der Waals surface area (Å²) in [5.74, 6) is 1.78. The summed E-state index contributed by atoms with van der Waals surface area (Å²) in [6.07, 6.45) is 11.4. The molecule has 5 aromatic rings. The van der Waals surface area contributed by atoms with Crippen LogP contribution >= 0.6 is 23.2 Å². The van der Waals surface area contributed by atoms with Crippen LogP contribution in [-0.2, 0) is 48.3 Å². The number of hydrogen-bond donors (Lipinski definition) is 4. The van der Waals surface area contributed by atoms with Gasteiger partial charge in [-0.3, -0.25) is 34.0 Å². The number of piperidine rings is 2. The highest BCUT2D eigenvalue weighted by Crippen LogP contribution is 2.44. The van der Waals surface area contributed by atoms with Crippen molar-refractivity contribution in [2.24, 2.45) is 22.2 Å². The molecular formula is C79H98Cl2F2N14O9. The van der Waals surface area contributed by atoms with Gasteiger partial charge in [-0.15, -0.1) is 0 Å². The maximum atomic E-state index is 15.8. The predicted molar refractivity (Wildman–Crippen MR) is 403 cm³/mol. The minimum Gasteiger partial charge on any atom is -0.497 e. The van der Waals surface area contributed by atoms with Crippen LogP contribution in [0, 0.1) is 28.9 Å². The molecule has 2 aliphatic carbocycles. The molecule has 5 saturated heterocycles. The number of aromatic nitrogens is 2. The number of amidine groups is 1. The molecule has 6 aliphatic heterocycles. The number of hydrogen-bond acceptors (Lipinski definition) is 17. The van der Waals surface area contributed by atoms with Gasteiger partial charge >= 0.3 is 6.03 Å². The highest BCUT2D eigenvalue weighted by molar-refractivity contribution is 6.30. The van der Waals surface area contributed by atoms with Crippen LogP contribution in [0.2, 0.25) is 5.02 Å². The molecule has 4 N–H and O–H groups in total. The highest BCUT2D eigenvalue weighted by atomic mass is 35.5. The molecule has 4 aromatic carbocycles. The number of benzene rings is 4. The molecule has 106 heavy (non-hydrogen) atoms. The molecule has 1 saturated carbocycles. The molecule has 1 spiro atoms. The number of allylic oxidation sites excluding steroid dienone is 3. The van der Waals surface area contributed by atoms with Crippen LogP contribution in [-0.4, -0.2) is 212 Å². The predicted octanol–water partition coefficient (Wildman–Crippen LogP) is 9.87. The quantitative estimate of drug-likeness (QED) is 0.0377. The van der Waals surface area contributed by atoms with E-state index in [1.165, 1.54) is 28.3 Å². The van der Waals surface area contributed by atoms with Crippen molar-refractivity contribution in [3.8, 4) is 11.5 Å². The van der Waals surface area contributed by atoms with Crippen LogP contribution in [0.25, 0.3) is 0 Å². The lowest BCUT2D eigenvalue weighted by Crippen LogP contribution is -2.66. The second kappa shape index (κ2) is 33.8. The lowest BCUT2D eigenvalue weighted by Gasteiger charge is -2.48. The molecule has 6 fully saturated rings. The fourth-order valence-corrected chi connectivity index (χ4v) is 16.4. The average molecular weight is 1500 g/mol. The van der Waals surface area contributed by atoms with Gasteiger partial charge in [-0.05, 0) is 154 Å². The first kappa shape index (κ1) is 75.8. The van der Waals surface area contributed by atoms with Crippen molar-refractivity contribution < 1.29 is 51.7 Å². The fourth-order valence-electron chi connectivity index (χ4n) is 16.1. The molecule has 0 radical (unpaired) electrons. The van der Waals surface area contributed by atoms with Crippen LogP contribution < -0.4 is 40.5 Å². The summed E-state index contributed by atoms with van der Waals surface area (Å²) in [4.78, 5) is 96.1. The molecule has 6 amide bonds. The number of nitrogens with one attached hydrogen (secondary N) is 4. The highest BCUT2D eigenvalue weighted by Gasteiger charge is 2.48. The van der Waals surface area contributed by atoms with Gasteiger partial charge in [0.15, 0.2) is 0 Å². The standard InChI is InChI=1S/C79H98Cl2F2N14O9/c1-51(2)106-67-37-61(103-5)17-18-63(67)76-89-74(54-9-13-59(80)14-10-54)75(55-11-15-60(81)16-12-55)97(76)77(102)95-29-28-94(73(101)47-95)45-70(98)84-23-31-104-32-30-92-42-56-34-62(35-57(56)43-92)105-48-72(100)86-41-53-8-6-7-52(33-53)40-85-68-39-69(88-50-87-68)93-26-21-79(22-27-93)49-96(46-71(99)90-79)66-38-64(82)58(36-65(66)83)44-91-24-19-78(3,4)20-25-91/h6-11,13-15,17-18,33,36-39,50-51,56-57,62,74-75H,12,16,19-32,34-35,40-49H2,1-5H3,(H,84,98)(H,86,100)(H,90,99)(H,85,87,88)/t56-,57+,62?,74-,75+/m0/s1. The SMILES string of the molecule is COc1ccc(C2=N[C@@H](c3ccc(Cl)cc3)[C@@H](C3=CC=C(Cl)CC3)N2C(=O)N2CCN(CC(=O)NCCOCCN3C[C@H]4CC(OCC(=O)NCc5cccc(CNc6cc(N7CCC8(CC7)CN(c7cc(F)c(CN9CCC(C)(C)CC9)cc7F)CC(=O)N8)ncn6)c5)C[C@H]4C3)C(=O)C2)c(OC(C)C)c1. The van der Waals surface area contributed by atoms with Gasteiger partial charge in [0, 0.05) is 112 Å². The third-order valence-corrected chi connectivity index (χ3v) is 22.6. The van der Waals surface area contributed by atoms with E-state index in [0.717, 1.165) is 86.5 Å². The third-order valence-electron chi connectivity index (χ3n) is 22.0. The number of likely N-dealkylation sites (tertiary alicyclic amines) is 2. The number of amides is 6. The molecule has 27 heteroatoms. The second-order valence-electron chi connectivity index (χ2n) is 30.5. The number of aliphatic imine (C=N–C) groups is 1. The van der Waals surface area contributed by atoms with E-state index in [4.69, 9.17) is 47.1 Å². The lowest BCUT2D eigenvalue weighted by atomic mass is 9.82. The molecule has 1 unspecified atom stereocenters. The maximum absolute atomic E-state index is 15.8. The minimum atomic E-state index is -0.604. The Morgan fingerprint density at radius 1 is 0.774 bits per heavy atom. The van der Waals surface area contributed by atoms with Crippen LogP contribution in [0.15, 0.2) is 119 Å². The molecule has 8 aliphatic rings. The zero-order chi connectivity index (χ0) is 74.2. The van der Waals surface area contributed by atoms with Crippen molar-refractivity contribution in [3.05, 3.63) is 158 Å². The first-order valence-corrected chi connectivity index (χ1v) is 38.0. The van der Waals surface area contributed by atoms with E-state index in [-0.39, 0.29) is 92.8 Å². The molecular weight excluding hydrogens is 1400 g/mol. The van der Waals surface area contributed by atoms with Crippen LogP contribution in [0.1, 0.15) is 113 Å². The molecule has 1 aromatic heterocycles. The Kier molecular flexibility index (Phi) is 24.1. The topological polar surface area (TPSA) is 231 Å². The van der Waals surface area contributed by atoms with E-state index >= 15 is 13.6 Å². The molecule has 566 valence electrons. The number of carbonyl (C=O) groups excluding carboxylic acids is 5. The Morgan fingerprint density at radius 2 is 1.54 bits per heavy atom. The average Bonchev–Trinajstić information content (AvgIpc) is 1.56. The number of halogens is 4. The van der Waals surface area contributed by atoms with E-state index in [0.29, 0.717) is 134 Å². The largest absolute Gasteiger partial charge is 0.497 e. The van der Waals surface area contributed by atoms with Gasteiger partial charge < -0.3 is 64.7 Å². The number of methoxy groups -OCH3 is 1. The van der Waals surface area contributed by atoms with Gasteiger partial charge in [-0.1, -0.05) is 79.5 Å². The number of carbonyl (C=O) groups is 5. The van der Waals surface area contributed by atoms with Crippen molar-refractivity contribution >= 4 is 76.0 Å². The van der Waals surface area contributed by atoms with E-state index < -0.39 is 35.3 Å². The third kappa shape index (κ3) is 18.7. The fraction of sp³-hybridized carbons (Fsp3) is 0.519. The molecule has 0 bridgehead atoms. The van der Waals surface area contributed by atoms with E-state index in [9.17, 15) is 19.2 Å². The summed E-state index contributed by atoms with van der Waals surface area (Å²) in [5.41, 5.74) is 4.46. The number of ether oxygens (including phenoxy) is 4. The first-order chi connectivity index (χ1) is 51.1. The molecule has 13 rings (SSSR count). The van der Waals surface area contributed by atoms with Crippen molar-refractivity contribution in [2.45, 2.75) is 129 Å². The molecule has 5 atom stereocenters. The summed E-state index contributed by atoms with van der Waals surface area (Å²) < 4.78 is 55.5. The molecule has 23 nitrogen and oxygen atoms in total. The van der Waals surface area contributed by atoms with Gasteiger partial charge in [-0.2, -0.15) is 0 Å². The van der Waals surface area contributed by atoms with Gasteiger partial charge in [0.1, 0.15) is 66.1 Å². The number of piperazine rings is 2. The summed E-state index contributed by atoms with van der Waals surface area (Å²) in [7, 11) is 1.58. The van der Waals surface area contributed by atoms with E-state index in [1.807, 2.05) is 86.7 Å². The number of urea groups is 1. The van der Waals surface area contributed by atoms with Crippen LogP contribution in [0.4, 0.5) is 30.9 Å². The Hall–Kier alpha value is -8.46. The Balaban J connectivity index is 0.497. The summed E-state index contributed by atoms with van der Waals surface area (Å²) in [6.45, 7) is 16.4. The van der Waals surface area contributed by atoms with Crippen molar-refractivity contribution in [1.29, 1.82) is 0 Å². The van der Waals surface area contributed by atoms with Gasteiger partial charge in [-0.25, -0.2) is 23.5 Å². The van der Waals surface area contributed by atoms with E-state index in [1.54, 1.807) is 29.0 Å². The summed E-state index contributed by atoms with van der Waals surface area (Å²) >= 11 is 12.9. The zero-order valence-electron chi connectivity index (χ0n) is 61.2. The second-order valence-corrected chi connectivity index (χ2v) is 31.5. The lowest BCUT2D eigenvalue weighted by molar-refractivity contribution is -0.139. The molecule has 7 heterocycles. The maximum Gasteiger partial charge on any atom is 0.326 e. The Bertz CT molecular complexity index is 4100. The van der Waals surface area contributed by atoms with Crippen molar-refractivity contribution in [1.82, 2.24) is 50.4 Å².